The zero-order valence-electron chi connectivity index (χ0n) is 13.1. The van der Waals surface area contributed by atoms with Crippen molar-refractivity contribution in [3.8, 4) is 0 Å². The van der Waals surface area contributed by atoms with Gasteiger partial charge in [-0.2, -0.15) is 0 Å². The molecular weight excluding hydrogens is 262 g/mol. The number of hydrogen-bond donors (Lipinski definition) is 1. The van der Waals surface area contributed by atoms with Gasteiger partial charge in [-0.05, 0) is 55.4 Å². The Morgan fingerprint density at radius 1 is 1.19 bits per heavy atom. The molecule has 0 radical (unpaired) electrons. The van der Waals surface area contributed by atoms with E-state index in [-0.39, 0.29) is 6.03 Å². The van der Waals surface area contributed by atoms with Crippen molar-refractivity contribution in [2.75, 3.05) is 32.5 Å². The number of carbonyl (C=O) groups is 1. The minimum atomic E-state index is 0.131. The Labute approximate surface area is 127 Å². The van der Waals surface area contributed by atoms with E-state index in [1.807, 2.05) is 19.0 Å². The quantitative estimate of drug-likeness (QED) is 0.908. The number of piperidine rings is 1. The lowest BCUT2D eigenvalue weighted by Gasteiger charge is -2.34. The fourth-order valence-corrected chi connectivity index (χ4v) is 3.40. The molecular formula is C17H25N3O. The molecule has 1 saturated heterocycles. The van der Waals surface area contributed by atoms with Crippen molar-refractivity contribution in [2.45, 2.75) is 38.1 Å². The summed E-state index contributed by atoms with van der Waals surface area (Å²) in [6, 6.07) is 7.41. The predicted molar refractivity (Wildman–Crippen MR) is 85.8 cm³/mol. The van der Waals surface area contributed by atoms with E-state index < -0.39 is 0 Å². The standard InChI is InChI=1S/C17H25N3O/c1-19(2)17(21)20-10-8-15(9-11-20)18-16-7-6-13-4-3-5-14(13)12-16/h6-7,12,15,18H,3-5,8-11H2,1-2H3. The Hall–Kier alpha value is -1.71. The van der Waals surface area contributed by atoms with Gasteiger partial charge in [-0.15, -0.1) is 0 Å². The van der Waals surface area contributed by atoms with E-state index in [4.69, 9.17) is 0 Å². The summed E-state index contributed by atoms with van der Waals surface area (Å²) in [4.78, 5) is 15.5. The topological polar surface area (TPSA) is 35.6 Å². The van der Waals surface area contributed by atoms with Gasteiger partial charge in [0.15, 0.2) is 0 Å². The van der Waals surface area contributed by atoms with Crippen LogP contribution in [-0.2, 0) is 12.8 Å². The molecule has 0 aromatic heterocycles. The van der Waals surface area contributed by atoms with E-state index in [0.717, 1.165) is 25.9 Å². The van der Waals surface area contributed by atoms with Gasteiger partial charge in [0.2, 0.25) is 0 Å². The van der Waals surface area contributed by atoms with E-state index >= 15 is 0 Å². The summed E-state index contributed by atoms with van der Waals surface area (Å²) in [6.45, 7) is 1.69. The fourth-order valence-electron chi connectivity index (χ4n) is 3.40. The molecule has 1 heterocycles. The maximum atomic E-state index is 11.9. The Bertz CT molecular complexity index is 519. The first-order valence-corrected chi connectivity index (χ1v) is 7.98. The van der Waals surface area contributed by atoms with E-state index in [2.05, 4.69) is 23.5 Å². The van der Waals surface area contributed by atoms with Crippen molar-refractivity contribution in [3.05, 3.63) is 29.3 Å². The summed E-state index contributed by atoms with van der Waals surface area (Å²) in [6.07, 6.45) is 5.80. The number of benzene rings is 1. The van der Waals surface area contributed by atoms with Gasteiger partial charge in [0.1, 0.15) is 0 Å². The largest absolute Gasteiger partial charge is 0.382 e. The van der Waals surface area contributed by atoms with Crippen molar-refractivity contribution < 1.29 is 4.79 Å². The molecule has 4 heteroatoms. The number of likely N-dealkylation sites (tertiary alicyclic amines) is 1. The number of hydrogen-bond acceptors (Lipinski definition) is 2. The first-order valence-electron chi connectivity index (χ1n) is 7.98. The van der Waals surface area contributed by atoms with Crippen LogP contribution in [0.25, 0.3) is 0 Å². The molecule has 4 nitrogen and oxygen atoms in total. The minimum Gasteiger partial charge on any atom is -0.382 e. The van der Waals surface area contributed by atoms with Crippen LogP contribution in [0.4, 0.5) is 10.5 Å². The van der Waals surface area contributed by atoms with Gasteiger partial charge in [-0.3, -0.25) is 0 Å². The Balaban J connectivity index is 1.55. The highest BCUT2D eigenvalue weighted by Crippen LogP contribution is 2.26. The summed E-state index contributed by atoms with van der Waals surface area (Å²) in [7, 11) is 3.63. The summed E-state index contributed by atoms with van der Waals surface area (Å²) in [5.41, 5.74) is 4.28. The fraction of sp³-hybridized carbons (Fsp3) is 0.588. The highest BCUT2D eigenvalue weighted by Gasteiger charge is 2.23. The van der Waals surface area contributed by atoms with Gasteiger partial charge in [-0.1, -0.05) is 6.07 Å². The second kappa shape index (κ2) is 5.96. The summed E-state index contributed by atoms with van der Waals surface area (Å²) >= 11 is 0. The van der Waals surface area contributed by atoms with Crippen LogP contribution in [0.15, 0.2) is 18.2 Å². The second-order valence-electron chi connectivity index (χ2n) is 6.42. The van der Waals surface area contributed by atoms with Crippen molar-refractivity contribution in [3.63, 3.8) is 0 Å². The zero-order chi connectivity index (χ0) is 14.8. The van der Waals surface area contributed by atoms with Gasteiger partial charge in [-0.25, -0.2) is 4.79 Å². The molecule has 0 unspecified atom stereocenters. The van der Waals surface area contributed by atoms with Crippen LogP contribution in [0, 0.1) is 0 Å². The second-order valence-corrected chi connectivity index (χ2v) is 6.42. The van der Waals surface area contributed by atoms with Crippen LogP contribution in [0.2, 0.25) is 0 Å². The van der Waals surface area contributed by atoms with Gasteiger partial charge in [0, 0.05) is 38.9 Å². The Morgan fingerprint density at radius 3 is 2.62 bits per heavy atom. The molecule has 114 valence electrons. The molecule has 0 saturated carbocycles. The van der Waals surface area contributed by atoms with E-state index in [9.17, 15) is 4.79 Å². The number of rotatable bonds is 2. The van der Waals surface area contributed by atoms with Gasteiger partial charge in [0.05, 0.1) is 0 Å². The molecule has 1 N–H and O–H groups in total. The van der Waals surface area contributed by atoms with Gasteiger partial charge < -0.3 is 15.1 Å². The van der Waals surface area contributed by atoms with Gasteiger partial charge >= 0.3 is 6.03 Å². The molecule has 1 aromatic carbocycles. The molecule has 1 fully saturated rings. The van der Waals surface area contributed by atoms with E-state index in [1.54, 1.807) is 4.90 Å². The first kappa shape index (κ1) is 14.2. The summed E-state index contributed by atoms with van der Waals surface area (Å²) in [5, 5.41) is 3.65. The number of nitrogens with zero attached hydrogens (tertiary/aromatic N) is 2. The monoisotopic (exact) mass is 287 g/mol. The molecule has 21 heavy (non-hydrogen) atoms. The third-order valence-electron chi connectivity index (χ3n) is 4.62. The SMILES string of the molecule is CN(C)C(=O)N1CCC(Nc2ccc3c(c2)CCC3)CC1. The number of anilines is 1. The van der Waals surface area contributed by atoms with Crippen LogP contribution in [-0.4, -0.2) is 49.1 Å². The summed E-state index contributed by atoms with van der Waals surface area (Å²) in [5.74, 6) is 0. The van der Waals surface area contributed by atoms with Crippen molar-refractivity contribution in [1.29, 1.82) is 0 Å². The first-order chi connectivity index (χ1) is 10.1. The average Bonchev–Trinajstić information content (AvgIpc) is 2.95. The number of amides is 2. The Kier molecular flexibility index (Phi) is 4.04. The van der Waals surface area contributed by atoms with Crippen molar-refractivity contribution in [1.82, 2.24) is 9.80 Å². The zero-order valence-corrected chi connectivity index (χ0v) is 13.1. The highest BCUT2D eigenvalue weighted by molar-refractivity contribution is 5.73. The Morgan fingerprint density at radius 2 is 1.90 bits per heavy atom. The molecule has 1 aliphatic heterocycles. The van der Waals surface area contributed by atoms with E-state index in [0.29, 0.717) is 6.04 Å². The van der Waals surface area contributed by atoms with Crippen molar-refractivity contribution >= 4 is 11.7 Å². The average molecular weight is 287 g/mol. The van der Waals surface area contributed by atoms with Crippen LogP contribution >= 0.6 is 0 Å². The van der Waals surface area contributed by atoms with Crippen molar-refractivity contribution in [2.24, 2.45) is 0 Å². The molecule has 0 spiro atoms. The minimum absolute atomic E-state index is 0.131. The lowest BCUT2D eigenvalue weighted by atomic mass is 10.0. The molecule has 3 rings (SSSR count). The number of fused-ring (bicyclic) bond motifs is 1. The smallest absolute Gasteiger partial charge is 0.319 e. The van der Waals surface area contributed by atoms with Crippen LogP contribution in [0.1, 0.15) is 30.4 Å². The number of urea groups is 1. The molecule has 2 aliphatic rings. The normalized spacial score (nSPS) is 18.5. The van der Waals surface area contributed by atoms with Gasteiger partial charge in [0.25, 0.3) is 0 Å². The third-order valence-corrected chi connectivity index (χ3v) is 4.62. The third kappa shape index (κ3) is 3.14. The predicted octanol–water partition coefficient (Wildman–Crippen LogP) is 2.73. The number of carbonyl (C=O) groups excluding carboxylic acids is 1. The lowest BCUT2D eigenvalue weighted by Crippen LogP contribution is -2.46. The van der Waals surface area contributed by atoms with E-state index in [1.165, 1.54) is 36.1 Å². The number of aryl methyl sites for hydroxylation is 2. The maximum absolute atomic E-state index is 11.9. The van der Waals surface area contributed by atoms with Crippen LogP contribution < -0.4 is 5.32 Å². The summed E-state index contributed by atoms with van der Waals surface area (Å²) < 4.78 is 0. The van der Waals surface area contributed by atoms with Crippen LogP contribution in [0.3, 0.4) is 0 Å². The molecule has 1 aromatic rings. The molecule has 0 atom stereocenters. The molecule has 1 aliphatic carbocycles. The van der Waals surface area contributed by atoms with Crippen LogP contribution in [0.5, 0.6) is 0 Å². The lowest BCUT2D eigenvalue weighted by molar-refractivity contribution is 0.158. The maximum Gasteiger partial charge on any atom is 0.319 e. The molecule has 0 bridgehead atoms. The highest BCUT2D eigenvalue weighted by atomic mass is 16.2. The molecule has 2 amide bonds. The number of nitrogens with one attached hydrogen (secondary N) is 1.